The number of thioether (sulfide) groups is 1. The molecule has 1 aliphatic rings. The summed E-state index contributed by atoms with van der Waals surface area (Å²) in [7, 11) is -3.37. The van der Waals surface area contributed by atoms with E-state index in [4.69, 9.17) is 0 Å². The number of nitrogens with one attached hydrogen (secondary N) is 2. The summed E-state index contributed by atoms with van der Waals surface area (Å²) in [5.74, 6) is 1.04. The smallest absolute Gasteiger partial charge is 0.250 e. The second-order valence-corrected chi connectivity index (χ2v) is 9.78. The van der Waals surface area contributed by atoms with Gasteiger partial charge in [0.15, 0.2) is 0 Å². The van der Waals surface area contributed by atoms with E-state index < -0.39 is 10.0 Å². The largest absolute Gasteiger partial charge is 0.312 e. The zero-order chi connectivity index (χ0) is 15.3. The van der Waals surface area contributed by atoms with Gasteiger partial charge in [-0.05, 0) is 37.3 Å². The highest BCUT2D eigenvalue weighted by Crippen LogP contribution is 2.31. The molecule has 0 saturated heterocycles. The van der Waals surface area contributed by atoms with Gasteiger partial charge in [0.25, 0.3) is 0 Å². The molecule has 120 valence electrons. The lowest BCUT2D eigenvalue weighted by molar-refractivity contribution is 0.557. The lowest BCUT2D eigenvalue weighted by atomic mass is 10.3. The van der Waals surface area contributed by atoms with E-state index >= 15 is 0 Å². The van der Waals surface area contributed by atoms with Crippen LogP contribution in [0.25, 0.3) is 0 Å². The van der Waals surface area contributed by atoms with E-state index in [1.807, 2.05) is 24.8 Å². The van der Waals surface area contributed by atoms with Gasteiger partial charge in [0, 0.05) is 22.7 Å². The van der Waals surface area contributed by atoms with E-state index in [-0.39, 0.29) is 6.04 Å². The molecular weight excluding hydrogens is 324 g/mol. The Morgan fingerprint density at radius 2 is 2.14 bits per heavy atom. The standard InChI is InChI=1S/C14H24N2O2S3/c1-3-15-10-11-8-9-14(20-11)21(17,18)16-12-6-5-7-13(12)19-4-2/h8-9,12-13,15-16H,3-7,10H2,1-2H3. The lowest BCUT2D eigenvalue weighted by Gasteiger charge is -2.19. The number of hydrogen-bond acceptors (Lipinski definition) is 5. The van der Waals surface area contributed by atoms with Gasteiger partial charge in [-0.3, -0.25) is 0 Å². The first-order valence-corrected chi connectivity index (χ1v) is 10.8. The van der Waals surface area contributed by atoms with Crippen molar-refractivity contribution in [3.8, 4) is 0 Å². The first-order chi connectivity index (χ1) is 10.1. The lowest BCUT2D eigenvalue weighted by Crippen LogP contribution is -2.38. The summed E-state index contributed by atoms with van der Waals surface area (Å²) in [6.45, 7) is 5.78. The second kappa shape index (κ2) is 7.97. The molecule has 0 bridgehead atoms. The van der Waals surface area contributed by atoms with Crippen LogP contribution in [0.3, 0.4) is 0 Å². The number of sulfonamides is 1. The summed E-state index contributed by atoms with van der Waals surface area (Å²) in [6, 6.07) is 3.70. The van der Waals surface area contributed by atoms with E-state index in [2.05, 4.69) is 17.0 Å². The third-order valence-corrected chi connectivity index (χ3v) is 7.98. The summed E-state index contributed by atoms with van der Waals surface area (Å²) in [4.78, 5) is 1.06. The fourth-order valence-corrected chi connectivity index (χ4v) is 6.51. The predicted molar refractivity (Wildman–Crippen MR) is 91.6 cm³/mol. The monoisotopic (exact) mass is 348 g/mol. The minimum atomic E-state index is -3.37. The summed E-state index contributed by atoms with van der Waals surface area (Å²) in [6.07, 6.45) is 3.18. The summed E-state index contributed by atoms with van der Waals surface area (Å²) < 4.78 is 28.3. The third kappa shape index (κ3) is 4.69. The molecule has 0 aromatic carbocycles. The first kappa shape index (κ1) is 17.3. The molecule has 2 rings (SSSR count). The zero-order valence-electron chi connectivity index (χ0n) is 12.6. The van der Waals surface area contributed by atoms with Gasteiger partial charge < -0.3 is 5.32 Å². The maximum atomic E-state index is 12.5. The Kier molecular flexibility index (Phi) is 6.55. The Balaban J connectivity index is 2.02. The topological polar surface area (TPSA) is 58.2 Å². The SMILES string of the molecule is CCNCc1ccc(S(=O)(=O)NC2CCCC2SCC)s1. The number of thiophene rings is 1. The predicted octanol–water partition coefficient (Wildman–Crippen LogP) is 2.81. The average molecular weight is 349 g/mol. The molecule has 21 heavy (non-hydrogen) atoms. The van der Waals surface area contributed by atoms with Crippen molar-refractivity contribution in [1.29, 1.82) is 0 Å². The highest BCUT2D eigenvalue weighted by molar-refractivity contribution is 8.00. The molecule has 4 nitrogen and oxygen atoms in total. The van der Waals surface area contributed by atoms with Gasteiger partial charge in [-0.25, -0.2) is 13.1 Å². The van der Waals surface area contributed by atoms with Crippen molar-refractivity contribution >= 4 is 33.1 Å². The Hall–Kier alpha value is -0.0800. The molecule has 1 aromatic heterocycles. The number of hydrogen-bond donors (Lipinski definition) is 2. The van der Waals surface area contributed by atoms with E-state index in [0.29, 0.717) is 9.46 Å². The van der Waals surface area contributed by atoms with E-state index in [9.17, 15) is 8.42 Å². The highest BCUT2D eigenvalue weighted by Gasteiger charge is 2.31. The van der Waals surface area contributed by atoms with Crippen molar-refractivity contribution in [3.63, 3.8) is 0 Å². The van der Waals surface area contributed by atoms with Crippen LogP contribution >= 0.6 is 23.1 Å². The minimum absolute atomic E-state index is 0.0827. The second-order valence-electron chi connectivity index (χ2n) is 5.15. The molecule has 1 saturated carbocycles. The average Bonchev–Trinajstić information content (AvgIpc) is 3.07. The molecule has 1 aromatic rings. The van der Waals surface area contributed by atoms with Crippen LogP contribution in [-0.4, -0.2) is 32.0 Å². The summed E-state index contributed by atoms with van der Waals surface area (Å²) in [5, 5.41) is 3.64. The van der Waals surface area contributed by atoms with Gasteiger partial charge >= 0.3 is 0 Å². The molecular formula is C14H24N2O2S3. The van der Waals surface area contributed by atoms with Crippen LogP contribution in [0.4, 0.5) is 0 Å². The molecule has 0 aliphatic heterocycles. The Bertz CT molecular complexity index is 542. The normalized spacial score (nSPS) is 22.8. The van der Waals surface area contributed by atoms with Crippen molar-refractivity contribution in [3.05, 3.63) is 17.0 Å². The molecule has 2 atom stereocenters. The molecule has 1 heterocycles. The van der Waals surface area contributed by atoms with Crippen molar-refractivity contribution in [2.75, 3.05) is 12.3 Å². The summed E-state index contributed by atoms with van der Waals surface area (Å²) >= 11 is 3.22. The molecule has 2 unspecified atom stereocenters. The van der Waals surface area contributed by atoms with Crippen LogP contribution in [0.15, 0.2) is 16.3 Å². The summed E-state index contributed by atoms with van der Waals surface area (Å²) in [5.41, 5.74) is 0. The van der Waals surface area contributed by atoms with Crippen molar-refractivity contribution in [1.82, 2.24) is 10.0 Å². The van der Waals surface area contributed by atoms with Gasteiger partial charge in [0.1, 0.15) is 4.21 Å². The molecule has 0 spiro atoms. The highest BCUT2D eigenvalue weighted by atomic mass is 32.2. The Labute approximate surface area is 136 Å². The van der Waals surface area contributed by atoms with Crippen molar-refractivity contribution in [2.24, 2.45) is 0 Å². The molecule has 2 N–H and O–H groups in total. The first-order valence-electron chi connectivity index (χ1n) is 7.50. The quantitative estimate of drug-likeness (QED) is 0.758. The van der Waals surface area contributed by atoms with Crippen molar-refractivity contribution < 1.29 is 8.42 Å². The fourth-order valence-electron chi connectivity index (χ4n) is 2.58. The minimum Gasteiger partial charge on any atom is -0.312 e. The van der Waals surface area contributed by atoms with E-state index in [1.165, 1.54) is 11.3 Å². The Morgan fingerprint density at radius 1 is 1.33 bits per heavy atom. The van der Waals surface area contributed by atoms with Gasteiger partial charge in [-0.1, -0.05) is 20.3 Å². The molecule has 1 fully saturated rings. The van der Waals surface area contributed by atoms with Gasteiger partial charge in [0.05, 0.1) is 0 Å². The third-order valence-electron chi connectivity index (χ3n) is 3.59. The van der Waals surface area contributed by atoms with Gasteiger partial charge in [-0.15, -0.1) is 11.3 Å². The van der Waals surface area contributed by atoms with Crippen LogP contribution in [0.1, 0.15) is 38.0 Å². The van der Waals surface area contributed by atoms with Crippen LogP contribution < -0.4 is 10.0 Å². The van der Waals surface area contributed by atoms with Gasteiger partial charge in [-0.2, -0.15) is 11.8 Å². The maximum absolute atomic E-state index is 12.5. The molecule has 0 radical (unpaired) electrons. The molecule has 7 heteroatoms. The van der Waals surface area contributed by atoms with Crippen molar-refractivity contribution in [2.45, 2.75) is 55.2 Å². The maximum Gasteiger partial charge on any atom is 0.250 e. The number of rotatable bonds is 8. The van der Waals surface area contributed by atoms with Crippen LogP contribution in [0.5, 0.6) is 0 Å². The van der Waals surface area contributed by atoms with Crippen LogP contribution in [0.2, 0.25) is 0 Å². The fraction of sp³-hybridized carbons (Fsp3) is 0.714. The van der Waals surface area contributed by atoms with Gasteiger partial charge in [0.2, 0.25) is 10.0 Å². The van der Waals surface area contributed by atoms with Crippen LogP contribution in [0, 0.1) is 0 Å². The van der Waals surface area contributed by atoms with Crippen LogP contribution in [-0.2, 0) is 16.6 Å². The zero-order valence-corrected chi connectivity index (χ0v) is 15.0. The Morgan fingerprint density at radius 3 is 2.86 bits per heavy atom. The van der Waals surface area contributed by atoms with E-state index in [1.54, 1.807) is 6.07 Å². The molecule has 1 aliphatic carbocycles. The molecule has 0 amide bonds. The van der Waals surface area contributed by atoms with E-state index in [0.717, 1.165) is 43.0 Å².